The molecule has 3 aromatic carbocycles. The molecule has 0 atom stereocenters. The highest BCUT2D eigenvalue weighted by molar-refractivity contribution is 5.84. The van der Waals surface area contributed by atoms with Gasteiger partial charge in [-0.1, -0.05) is 51.1 Å². The molecule has 140 valence electrons. The Morgan fingerprint density at radius 1 is 0.852 bits per heavy atom. The normalized spacial score (nSPS) is 11.4. The second-order valence-corrected chi connectivity index (χ2v) is 7.86. The molecule has 0 aliphatic rings. The molecule has 4 nitrogen and oxygen atoms in total. The van der Waals surface area contributed by atoms with Gasteiger partial charge in [0.05, 0.1) is 6.54 Å². The van der Waals surface area contributed by atoms with Crippen LogP contribution < -0.4 is 14.8 Å². The van der Waals surface area contributed by atoms with E-state index in [0.717, 1.165) is 23.9 Å². The van der Waals surface area contributed by atoms with Crippen molar-refractivity contribution >= 4 is 16.9 Å². The fourth-order valence-corrected chi connectivity index (χ4v) is 2.81. The van der Waals surface area contributed by atoms with Crippen molar-refractivity contribution in [2.45, 2.75) is 27.3 Å². The van der Waals surface area contributed by atoms with Gasteiger partial charge in [-0.05, 0) is 47.2 Å². The van der Waals surface area contributed by atoms with Gasteiger partial charge in [0.2, 0.25) is 0 Å². The van der Waals surface area contributed by atoms with Gasteiger partial charge >= 0.3 is 6.16 Å². The van der Waals surface area contributed by atoms with Crippen LogP contribution in [0.25, 0.3) is 10.8 Å². The first-order chi connectivity index (χ1) is 12.9. The predicted molar refractivity (Wildman–Crippen MR) is 107 cm³/mol. The summed E-state index contributed by atoms with van der Waals surface area (Å²) in [5.41, 5.74) is 1.49. The topological polar surface area (TPSA) is 52.1 Å². The van der Waals surface area contributed by atoms with E-state index in [1.807, 2.05) is 48.5 Å². The lowest BCUT2D eigenvalue weighted by molar-refractivity contribution is -0.680. The molecule has 0 saturated heterocycles. The minimum Gasteiger partial charge on any atom is -0.395 e. The van der Waals surface area contributed by atoms with Crippen LogP contribution in [-0.4, -0.2) is 12.7 Å². The number of benzene rings is 3. The van der Waals surface area contributed by atoms with Crippen LogP contribution in [0.1, 0.15) is 26.3 Å². The second kappa shape index (κ2) is 8.23. The van der Waals surface area contributed by atoms with Gasteiger partial charge in [0.15, 0.2) is 0 Å². The Hall–Kier alpha value is -2.85. The summed E-state index contributed by atoms with van der Waals surface area (Å²) in [6.07, 6.45) is -0.739. The van der Waals surface area contributed by atoms with Gasteiger partial charge in [-0.3, -0.25) is 0 Å². The van der Waals surface area contributed by atoms with Crippen molar-refractivity contribution in [1.29, 1.82) is 0 Å². The van der Waals surface area contributed by atoms with Gasteiger partial charge in [-0.25, -0.2) is 4.79 Å². The average Bonchev–Trinajstić information content (AvgIpc) is 2.62. The van der Waals surface area contributed by atoms with Gasteiger partial charge in [0.25, 0.3) is 0 Å². The maximum atomic E-state index is 12.0. The number of ether oxygens (including phenoxy) is 2. The maximum absolute atomic E-state index is 12.0. The molecule has 4 heteroatoms. The largest absolute Gasteiger partial charge is 0.519 e. The van der Waals surface area contributed by atoms with Crippen LogP contribution in [-0.2, 0) is 6.54 Å². The standard InChI is InChI=1S/C23H25NO3/c1-23(2,3)16-24-15-17-8-11-20(12-9-17)26-22(25)27-21-13-10-18-6-4-5-7-19(18)14-21/h4-14,24H,15-16H2,1-3H3/p+1. The van der Waals surface area contributed by atoms with E-state index < -0.39 is 6.16 Å². The molecular weight excluding hydrogens is 338 g/mol. The summed E-state index contributed by atoms with van der Waals surface area (Å²) in [6.45, 7) is 8.63. The quantitative estimate of drug-likeness (QED) is 0.535. The molecular formula is C23H26NO3+. The molecule has 0 heterocycles. The smallest absolute Gasteiger partial charge is 0.395 e. The Morgan fingerprint density at radius 3 is 2.19 bits per heavy atom. The molecule has 0 unspecified atom stereocenters. The fraction of sp³-hybridized carbons (Fsp3) is 0.261. The fourth-order valence-electron chi connectivity index (χ4n) is 2.81. The first-order valence-corrected chi connectivity index (χ1v) is 9.18. The van der Waals surface area contributed by atoms with Crippen LogP contribution in [0.5, 0.6) is 11.5 Å². The SMILES string of the molecule is CC(C)(C)C[NH2+]Cc1ccc(OC(=O)Oc2ccc3ccccc3c2)cc1. The zero-order chi connectivity index (χ0) is 19.3. The lowest BCUT2D eigenvalue weighted by atomic mass is 9.97. The molecule has 0 spiro atoms. The van der Waals surface area contributed by atoms with E-state index in [9.17, 15) is 4.79 Å². The Kier molecular flexibility index (Phi) is 5.77. The van der Waals surface area contributed by atoms with Crippen LogP contribution >= 0.6 is 0 Å². The highest BCUT2D eigenvalue weighted by Crippen LogP contribution is 2.21. The van der Waals surface area contributed by atoms with Crippen molar-refractivity contribution in [3.8, 4) is 11.5 Å². The van der Waals surface area contributed by atoms with Crippen LogP contribution in [0.15, 0.2) is 66.7 Å². The Labute approximate surface area is 160 Å². The summed E-state index contributed by atoms with van der Waals surface area (Å²) in [4.78, 5) is 12.0. The number of quaternary nitrogens is 1. The van der Waals surface area contributed by atoms with E-state index in [0.29, 0.717) is 16.9 Å². The number of hydrogen-bond donors (Lipinski definition) is 1. The van der Waals surface area contributed by atoms with E-state index in [4.69, 9.17) is 9.47 Å². The zero-order valence-corrected chi connectivity index (χ0v) is 16.1. The Morgan fingerprint density at radius 2 is 1.48 bits per heavy atom. The summed E-state index contributed by atoms with van der Waals surface area (Å²) in [5.74, 6) is 0.937. The van der Waals surface area contributed by atoms with Crippen molar-refractivity contribution in [2.75, 3.05) is 6.54 Å². The monoisotopic (exact) mass is 364 g/mol. The molecule has 0 aliphatic heterocycles. The number of fused-ring (bicyclic) bond motifs is 1. The molecule has 0 fully saturated rings. The van der Waals surface area contributed by atoms with E-state index >= 15 is 0 Å². The summed E-state index contributed by atoms with van der Waals surface area (Å²) < 4.78 is 10.6. The van der Waals surface area contributed by atoms with Crippen LogP contribution in [0.3, 0.4) is 0 Å². The molecule has 27 heavy (non-hydrogen) atoms. The van der Waals surface area contributed by atoms with Crippen LogP contribution in [0.4, 0.5) is 4.79 Å². The van der Waals surface area contributed by atoms with E-state index in [2.05, 4.69) is 26.1 Å². The third-order valence-electron chi connectivity index (χ3n) is 4.18. The Bertz CT molecular complexity index is 911. The second-order valence-electron chi connectivity index (χ2n) is 7.86. The molecule has 0 radical (unpaired) electrons. The molecule has 0 aliphatic carbocycles. The van der Waals surface area contributed by atoms with Crippen LogP contribution in [0.2, 0.25) is 0 Å². The molecule has 0 saturated carbocycles. The number of carbonyl (C=O) groups excluding carboxylic acids is 1. The highest BCUT2D eigenvalue weighted by atomic mass is 16.7. The summed E-state index contributed by atoms with van der Waals surface area (Å²) in [7, 11) is 0. The average molecular weight is 364 g/mol. The first kappa shape index (κ1) is 18.9. The van der Waals surface area contributed by atoms with Crippen molar-refractivity contribution < 1.29 is 19.6 Å². The summed E-state index contributed by atoms with van der Waals surface area (Å²) in [5, 5.41) is 4.39. The lowest BCUT2D eigenvalue weighted by Crippen LogP contribution is -2.84. The maximum Gasteiger partial charge on any atom is 0.519 e. The highest BCUT2D eigenvalue weighted by Gasteiger charge is 2.12. The van der Waals surface area contributed by atoms with Crippen molar-refractivity contribution in [3.05, 3.63) is 72.3 Å². The third-order valence-corrected chi connectivity index (χ3v) is 4.18. The molecule has 3 aromatic rings. The zero-order valence-electron chi connectivity index (χ0n) is 16.1. The molecule has 2 N–H and O–H groups in total. The minimum absolute atomic E-state index is 0.301. The molecule has 0 aromatic heterocycles. The van der Waals surface area contributed by atoms with Gasteiger partial charge in [-0.2, -0.15) is 0 Å². The number of hydrogen-bond acceptors (Lipinski definition) is 3. The van der Waals surface area contributed by atoms with Crippen molar-refractivity contribution in [2.24, 2.45) is 5.41 Å². The van der Waals surface area contributed by atoms with Gasteiger partial charge in [0, 0.05) is 11.0 Å². The van der Waals surface area contributed by atoms with E-state index in [-0.39, 0.29) is 0 Å². The summed E-state index contributed by atoms with van der Waals surface area (Å²) in [6, 6.07) is 20.9. The Balaban J connectivity index is 1.54. The summed E-state index contributed by atoms with van der Waals surface area (Å²) >= 11 is 0. The van der Waals surface area contributed by atoms with Crippen LogP contribution in [0, 0.1) is 5.41 Å². The van der Waals surface area contributed by atoms with Crippen molar-refractivity contribution in [3.63, 3.8) is 0 Å². The predicted octanol–water partition coefficient (Wildman–Crippen LogP) is 4.53. The minimum atomic E-state index is -0.739. The molecule has 3 rings (SSSR count). The van der Waals surface area contributed by atoms with Crippen molar-refractivity contribution in [1.82, 2.24) is 0 Å². The first-order valence-electron chi connectivity index (χ1n) is 9.18. The van der Waals surface area contributed by atoms with E-state index in [1.54, 1.807) is 18.2 Å². The number of nitrogens with two attached hydrogens (primary N) is 1. The van der Waals surface area contributed by atoms with Gasteiger partial charge in [0.1, 0.15) is 18.0 Å². The lowest BCUT2D eigenvalue weighted by Gasteiger charge is -2.15. The number of carbonyl (C=O) groups is 1. The number of rotatable bonds is 5. The van der Waals surface area contributed by atoms with Gasteiger partial charge in [-0.15, -0.1) is 0 Å². The van der Waals surface area contributed by atoms with Gasteiger partial charge < -0.3 is 14.8 Å². The molecule has 0 amide bonds. The molecule has 0 bridgehead atoms. The third kappa shape index (κ3) is 5.83. The van der Waals surface area contributed by atoms with E-state index in [1.165, 1.54) is 5.56 Å².